The fourth-order valence-electron chi connectivity index (χ4n) is 1.64. The minimum atomic E-state index is -0.196. The second kappa shape index (κ2) is 6.11. The molecule has 1 unspecified atom stereocenters. The number of nitrogens with zero attached hydrogens (tertiary/aromatic N) is 1. The van der Waals surface area contributed by atoms with Gasteiger partial charge < -0.3 is 10.6 Å². The summed E-state index contributed by atoms with van der Waals surface area (Å²) in [6.07, 6.45) is 2.04. The van der Waals surface area contributed by atoms with E-state index in [1.54, 1.807) is 17.8 Å². The Hall–Kier alpha value is -0.740. The third-order valence-corrected chi connectivity index (χ3v) is 3.11. The summed E-state index contributed by atoms with van der Waals surface area (Å²) in [6, 6.07) is 4.93. The van der Waals surface area contributed by atoms with E-state index in [4.69, 9.17) is 5.73 Å². The first-order valence-corrected chi connectivity index (χ1v) is 6.71. The average molecular weight is 242 g/mol. The van der Waals surface area contributed by atoms with Crippen LogP contribution >= 0.6 is 11.8 Å². The van der Waals surface area contributed by atoms with E-state index in [1.807, 2.05) is 31.2 Å². The number of nitrogens with two attached hydrogens (primary N) is 1. The molecule has 1 aromatic carbocycles. The first-order chi connectivity index (χ1) is 7.57. The molecule has 4 heteroatoms. The smallest absolute Gasteiger partial charge is 0.146 e. The predicted molar refractivity (Wildman–Crippen MR) is 70.7 cm³/mol. The Morgan fingerprint density at radius 3 is 2.75 bits per heavy atom. The minimum absolute atomic E-state index is 0.151. The molecule has 0 radical (unpaired) electrons. The summed E-state index contributed by atoms with van der Waals surface area (Å²) in [4.78, 5) is 1.94. The number of anilines is 1. The van der Waals surface area contributed by atoms with E-state index in [1.165, 1.54) is 6.07 Å². The molecule has 0 fully saturated rings. The molecule has 1 rings (SSSR count). The summed E-state index contributed by atoms with van der Waals surface area (Å²) in [7, 11) is 1.90. The molecule has 0 saturated carbocycles. The van der Waals surface area contributed by atoms with Crippen molar-refractivity contribution in [2.75, 3.05) is 30.5 Å². The van der Waals surface area contributed by atoms with E-state index in [-0.39, 0.29) is 11.9 Å². The summed E-state index contributed by atoms with van der Waals surface area (Å²) in [5.74, 6) is 0.780. The maximum Gasteiger partial charge on any atom is 0.146 e. The van der Waals surface area contributed by atoms with Crippen molar-refractivity contribution in [3.05, 3.63) is 29.6 Å². The van der Waals surface area contributed by atoms with E-state index in [0.29, 0.717) is 5.69 Å². The second-order valence-electron chi connectivity index (χ2n) is 3.88. The van der Waals surface area contributed by atoms with Crippen molar-refractivity contribution >= 4 is 17.4 Å². The van der Waals surface area contributed by atoms with Crippen LogP contribution in [-0.2, 0) is 0 Å². The summed E-state index contributed by atoms with van der Waals surface area (Å²) >= 11 is 1.75. The second-order valence-corrected chi connectivity index (χ2v) is 4.87. The molecule has 16 heavy (non-hydrogen) atoms. The van der Waals surface area contributed by atoms with Gasteiger partial charge in [0.25, 0.3) is 0 Å². The highest BCUT2D eigenvalue weighted by Crippen LogP contribution is 2.27. The molecule has 0 aliphatic rings. The predicted octanol–water partition coefficient (Wildman–Crippen LogP) is 2.64. The lowest BCUT2D eigenvalue weighted by Gasteiger charge is -2.24. The first kappa shape index (κ1) is 13.3. The molecule has 0 bridgehead atoms. The van der Waals surface area contributed by atoms with E-state index in [2.05, 4.69) is 0 Å². The molecule has 1 atom stereocenters. The van der Waals surface area contributed by atoms with Gasteiger partial charge >= 0.3 is 0 Å². The molecule has 2 nitrogen and oxygen atoms in total. The number of thioether (sulfide) groups is 1. The Morgan fingerprint density at radius 2 is 2.19 bits per heavy atom. The van der Waals surface area contributed by atoms with Gasteiger partial charge in [-0.3, -0.25) is 0 Å². The Labute approximate surface area is 101 Å². The van der Waals surface area contributed by atoms with Crippen LogP contribution in [0.15, 0.2) is 18.2 Å². The summed E-state index contributed by atoms with van der Waals surface area (Å²) in [5.41, 5.74) is 7.35. The largest absolute Gasteiger partial charge is 0.371 e. The SMILES string of the molecule is CSCCN(C)c1c(F)cccc1C(C)N. The lowest BCUT2D eigenvalue weighted by molar-refractivity contribution is 0.618. The molecule has 0 aromatic heterocycles. The Balaban J connectivity index is 3.00. The third-order valence-electron chi connectivity index (χ3n) is 2.52. The molecular formula is C12H19FN2S. The molecule has 2 N–H and O–H groups in total. The van der Waals surface area contributed by atoms with E-state index >= 15 is 0 Å². The van der Waals surface area contributed by atoms with E-state index in [0.717, 1.165) is 17.9 Å². The monoisotopic (exact) mass is 242 g/mol. The van der Waals surface area contributed by atoms with Crippen molar-refractivity contribution in [3.8, 4) is 0 Å². The maximum absolute atomic E-state index is 13.8. The van der Waals surface area contributed by atoms with Gasteiger partial charge in [0, 0.05) is 25.4 Å². The average Bonchev–Trinajstić information content (AvgIpc) is 2.25. The number of hydrogen-bond acceptors (Lipinski definition) is 3. The summed E-state index contributed by atoms with van der Waals surface area (Å²) in [6.45, 7) is 2.70. The van der Waals surface area contributed by atoms with Gasteiger partial charge in [0.15, 0.2) is 0 Å². The number of halogens is 1. The standard InChI is InChI=1S/C12H19FN2S/c1-9(14)10-5-4-6-11(13)12(10)15(2)7-8-16-3/h4-6,9H,7-8,14H2,1-3H3. The van der Waals surface area contributed by atoms with Crippen LogP contribution in [0.3, 0.4) is 0 Å². The lowest BCUT2D eigenvalue weighted by atomic mass is 10.1. The van der Waals surface area contributed by atoms with Gasteiger partial charge in [-0.15, -0.1) is 0 Å². The van der Waals surface area contributed by atoms with Gasteiger partial charge in [0.05, 0.1) is 5.69 Å². The van der Waals surface area contributed by atoms with Crippen molar-refractivity contribution in [2.45, 2.75) is 13.0 Å². The van der Waals surface area contributed by atoms with Gasteiger partial charge in [-0.25, -0.2) is 4.39 Å². The van der Waals surface area contributed by atoms with Gasteiger partial charge in [0.2, 0.25) is 0 Å². The number of para-hydroxylation sites is 1. The minimum Gasteiger partial charge on any atom is -0.371 e. The highest BCUT2D eigenvalue weighted by molar-refractivity contribution is 7.98. The van der Waals surface area contributed by atoms with Crippen LogP contribution in [0.5, 0.6) is 0 Å². The molecule has 0 heterocycles. The van der Waals surface area contributed by atoms with Crippen molar-refractivity contribution in [1.82, 2.24) is 0 Å². The molecule has 0 aliphatic heterocycles. The number of hydrogen-bond donors (Lipinski definition) is 1. The molecule has 1 aromatic rings. The topological polar surface area (TPSA) is 29.3 Å². The number of rotatable bonds is 5. The van der Waals surface area contributed by atoms with Crippen LogP contribution in [0, 0.1) is 5.82 Å². The zero-order valence-electron chi connectivity index (χ0n) is 10.0. The fraction of sp³-hybridized carbons (Fsp3) is 0.500. The molecule has 0 aliphatic carbocycles. The van der Waals surface area contributed by atoms with Crippen LogP contribution in [0.2, 0.25) is 0 Å². The quantitative estimate of drug-likeness (QED) is 0.860. The molecule has 90 valence electrons. The Kier molecular flexibility index (Phi) is 5.09. The zero-order chi connectivity index (χ0) is 12.1. The third kappa shape index (κ3) is 3.12. The van der Waals surface area contributed by atoms with Crippen LogP contribution in [0.25, 0.3) is 0 Å². The normalized spacial score (nSPS) is 12.6. The maximum atomic E-state index is 13.8. The van der Waals surface area contributed by atoms with Gasteiger partial charge in [-0.05, 0) is 24.8 Å². The van der Waals surface area contributed by atoms with Crippen molar-refractivity contribution in [2.24, 2.45) is 5.73 Å². The highest BCUT2D eigenvalue weighted by atomic mass is 32.2. The van der Waals surface area contributed by atoms with Crippen molar-refractivity contribution in [1.29, 1.82) is 0 Å². The Bertz CT molecular complexity index is 342. The van der Waals surface area contributed by atoms with Crippen LogP contribution in [-0.4, -0.2) is 25.6 Å². The highest BCUT2D eigenvalue weighted by Gasteiger charge is 2.14. The van der Waals surface area contributed by atoms with E-state index in [9.17, 15) is 4.39 Å². The summed E-state index contributed by atoms with van der Waals surface area (Å²) in [5, 5.41) is 0. The van der Waals surface area contributed by atoms with Crippen LogP contribution in [0.1, 0.15) is 18.5 Å². The molecule has 0 spiro atoms. The first-order valence-electron chi connectivity index (χ1n) is 5.32. The van der Waals surface area contributed by atoms with Crippen LogP contribution in [0.4, 0.5) is 10.1 Å². The number of benzene rings is 1. The lowest BCUT2D eigenvalue weighted by Crippen LogP contribution is -2.24. The van der Waals surface area contributed by atoms with Crippen LogP contribution < -0.4 is 10.6 Å². The molecular weight excluding hydrogens is 223 g/mol. The van der Waals surface area contributed by atoms with E-state index < -0.39 is 0 Å². The summed E-state index contributed by atoms with van der Waals surface area (Å²) < 4.78 is 13.8. The van der Waals surface area contributed by atoms with Gasteiger partial charge in [-0.1, -0.05) is 12.1 Å². The van der Waals surface area contributed by atoms with Crippen molar-refractivity contribution < 1.29 is 4.39 Å². The van der Waals surface area contributed by atoms with Gasteiger partial charge in [0.1, 0.15) is 5.82 Å². The zero-order valence-corrected chi connectivity index (χ0v) is 10.9. The molecule has 0 amide bonds. The Morgan fingerprint density at radius 1 is 1.50 bits per heavy atom. The van der Waals surface area contributed by atoms with Crippen molar-refractivity contribution in [3.63, 3.8) is 0 Å². The fourth-order valence-corrected chi connectivity index (χ4v) is 2.10. The van der Waals surface area contributed by atoms with Gasteiger partial charge in [-0.2, -0.15) is 11.8 Å². The molecule has 0 saturated heterocycles.